The van der Waals surface area contributed by atoms with Gasteiger partial charge in [-0.15, -0.1) is 0 Å². The van der Waals surface area contributed by atoms with Crippen molar-refractivity contribution in [2.75, 3.05) is 25.4 Å². The van der Waals surface area contributed by atoms with Crippen molar-refractivity contribution >= 4 is 36.5 Å². The lowest BCUT2D eigenvalue weighted by Gasteiger charge is -2.33. The third-order valence-corrected chi connectivity index (χ3v) is 5.19. The second-order valence-electron chi connectivity index (χ2n) is 8.80. The summed E-state index contributed by atoms with van der Waals surface area (Å²) in [7, 11) is 0. The number of nitrogens with zero attached hydrogens (tertiary/aromatic N) is 1. The lowest BCUT2D eigenvalue weighted by atomic mass is 10.0. The standard InChI is InChI=1S/C24H37N3O7S/c1-7-27(22(31)17(14-35)26-23(32)34-24(4,5)6)20(16-9-10-18(28)15(3)13-16)21(30)25-12-11-19(29)33-8-2/h9-10,13,17,20,28,35H,7-8,11-12,14H2,1-6H3,(H,25,30)(H,26,32). The number of rotatable bonds is 11. The minimum atomic E-state index is -1.09. The molecule has 1 rings (SSSR count). The van der Waals surface area contributed by atoms with Crippen molar-refractivity contribution in [3.8, 4) is 5.75 Å². The van der Waals surface area contributed by atoms with Gasteiger partial charge in [-0.3, -0.25) is 14.4 Å². The molecule has 0 aliphatic rings. The number of thiol groups is 1. The molecule has 0 heterocycles. The van der Waals surface area contributed by atoms with Crippen molar-refractivity contribution in [1.29, 1.82) is 0 Å². The highest BCUT2D eigenvalue weighted by Crippen LogP contribution is 2.27. The normalized spacial score (nSPS) is 12.8. The molecule has 2 atom stereocenters. The number of hydrogen-bond donors (Lipinski definition) is 4. The Labute approximate surface area is 212 Å². The highest BCUT2D eigenvalue weighted by Gasteiger charge is 2.35. The number of benzene rings is 1. The topological polar surface area (TPSA) is 134 Å². The molecule has 0 saturated carbocycles. The number of esters is 1. The van der Waals surface area contributed by atoms with Gasteiger partial charge >= 0.3 is 12.1 Å². The van der Waals surface area contributed by atoms with E-state index in [0.717, 1.165) is 0 Å². The van der Waals surface area contributed by atoms with Crippen molar-refractivity contribution in [3.05, 3.63) is 29.3 Å². The van der Waals surface area contributed by atoms with Crippen molar-refractivity contribution in [3.63, 3.8) is 0 Å². The van der Waals surface area contributed by atoms with Crippen molar-refractivity contribution < 1.29 is 33.8 Å². The number of likely N-dealkylation sites (N-methyl/N-ethyl adjacent to an activating group) is 1. The van der Waals surface area contributed by atoms with E-state index in [1.54, 1.807) is 53.7 Å². The molecule has 0 aromatic heterocycles. The second kappa shape index (κ2) is 13.8. The van der Waals surface area contributed by atoms with E-state index in [2.05, 4.69) is 23.3 Å². The molecule has 1 aromatic carbocycles. The van der Waals surface area contributed by atoms with Crippen molar-refractivity contribution in [2.24, 2.45) is 0 Å². The average Bonchev–Trinajstić information content (AvgIpc) is 2.76. The number of nitrogens with one attached hydrogen (secondary N) is 2. The van der Waals surface area contributed by atoms with Gasteiger partial charge in [0, 0.05) is 18.8 Å². The summed E-state index contributed by atoms with van der Waals surface area (Å²) in [5, 5.41) is 15.1. The smallest absolute Gasteiger partial charge is 0.408 e. The summed E-state index contributed by atoms with van der Waals surface area (Å²) in [5.74, 6) is -1.50. The average molecular weight is 512 g/mol. The number of carbonyl (C=O) groups excluding carboxylic acids is 4. The molecule has 0 fully saturated rings. The van der Waals surface area contributed by atoms with Gasteiger partial charge in [-0.05, 0) is 64.8 Å². The van der Waals surface area contributed by atoms with Gasteiger partial charge in [-0.1, -0.05) is 6.07 Å². The minimum Gasteiger partial charge on any atom is -0.508 e. The zero-order valence-corrected chi connectivity index (χ0v) is 22.1. The Bertz CT molecular complexity index is 902. The molecule has 0 aliphatic carbocycles. The van der Waals surface area contributed by atoms with E-state index in [9.17, 15) is 24.3 Å². The molecular formula is C24H37N3O7S. The van der Waals surface area contributed by atoms with Crippen molar-refractivity contribution in [2.45, 2.75) is 65.6 Å². The Morgan fingerprint density at radius 2 is 1.83 bits per heavy atom. The Morgan fingerprint density at radius 1 is 1.17 bits per heavy atom. The molecule has 0 spiro atoms. The highest BCUT2D eigenvalue weighted by atomic mass is 32.1. The van der Waals surface area contributed by atoms with Crippen LogP contribution in [0.25, 0.3) is 0 Å². The van der Waals surface area contributed by atoms with Crippen LogP contribution in [-0.2, 0) is 23.9 Å². The summed E-state index contributed by atoms with van der Waals surface area (Å²) in [6, 6.07) is 2.46. The molecule has 0 aliphatic heterocycles. The number of carbonyl (C=O) groups is 4. The van der Waals surface area contributed by atoms with E-state index >= 15 is 0 Å². The SMILES string of the molecule is CCOC(=O)CCNC(=O)C(c1ccc(O)c(C)c1)N(CC)C(=O)C(CS)NC(=O)OC(C)(C)C. The zero-order valence-electron chi connectivity index (χ0n) is 21.2. The number of aryl methyl sites for hydroxylation is 1. The summed E-state index contributed by atoms with van der Waals surface area (Å²) in [6.45, 7) is 10.5. The predicted molar refractivity (Wildman–Crippen MR) is 134 cm³/mol. The van der Waals surface area contributed by atoms with Gasteiger partial charge in [0.1, 0.15) is 23.4 Å². The molecule has 3 N–H and O–H groups in total. The second-order valence-corrected chi connectivity index (χ2v) is 9.17. The van der Waals surface area contributed by atoms with Crippen LogP contribution < -0.4 is 10.6 Å². The van der Waals surface area contributed by atoms with E-state index in [1.807, 2.05) is 0 Å². The van der Waals surface area contributed by atoms with E-state index in [0.29, 0.717) is 11.1 Å². The number of phenols is 1. The van der Waals surface area contributed by atoms with Crippen LogP contribution in [0, 0.1) is 6.92 Å². The van der Waals surface area contributed by atoms with Gasteiger partial charge in [0.2, 0.25) is 11.8 Å². The third-order valence-electron chi connectivity index (χ3n) is 4.83. The molecule has 0 bridgehead atoms. The van der Waals surface area contributed by atoms with Crippen LogP contribution in [0.2, 0.25) is 0 Å². The lowest BCUT2D eigenvalue weighted by Crippen LogP contribution is -2.53. The number of hydrogen-bond acceptors (Lipinski definition) is 8. The Morgan fingerprint density at radius 3 is 2.34 bits per heavy atom. The molecule has 1 aromatic rings. The predicted octanol–water partition coefficient (Wildman–Crippen LogP) is 2.48. The maximum Gasteiger partial charge on any atom is 0.408 e. The summed E-state index contributed by atoms with van der Waals surface area (Å²) in [4.78, 5) is 51.9. The van der Waals surface area contributed by atoms with Gasteiger partial charge in [0.25, 0.3) is 0 Å². The summed E-state index contributed by atoms with van der Waals surface area (Å²) in [6.07, 6.45) is -0.808. The molecule has 3 amide bonds. The van der Waals surface area contributed by atoms with Gasteiger partial charge < -0.3 is 30.1 Å². The number of aromatic hydroxyl groups is 1. The Hall–Kier alpha value is -2.95. The molecule has 0 radical (unpaired) electrons. The molecule has 35 heavy (non-hydrogen) atoms. The maximum absolute atomic E-state index is 13.4. The lowest BCUT2D eigenvalue weighted by molar-refractivity contribution is -0.144. The number of phenolic OH excluding ortho intramolecular Hbond substituents is 1. The third kappa shape index (κ3) is 9.67. The fourth-order valence-electron chi connectivity index (χ4n) is 3.24. The first kappa shape index (κ1) is 30.1. The fourth-order valence-corrected chi connectivity index (χ4v) is 3.49. The Kier molecular flexibility index (Phi) is 11.9. The van der Waals surface area contributed by atoms with Crippen LogP contribution in [0.3, 0.4) is 0 Å². The van der Waals surface area contributed by atoms with Crippen LogP contribution in [0.15, 0.2) is 18.2 Å². The monoisotopic (exact) mass is 511 g/mol. The van der Waals surface area contributed by atoms with Crippen LogP contribution in [0.5, 0.6) is 5.75 Å². The van der Waals surface area contributed by atoms with Crippen LogP contribution in [0.4, 0.5) is 4.79 Å². The first-order chi connectivity index (χ1) is 16.3. The fraction of sp³-hybridized carbons (Fsp3) is 0.583. The summed E-state index contributed by atoms with van der Waals surface area (Å²) in [5.41, 5.74) is 0.219. The van der Waals surface area contributed by atoms with Gasteiger partial charge in [0.05, 0.1) is 13.0 Å². The summed E-state index contributed by atoms with van der Waals surface area (Å²) >= 11 is 4.21. The molecule has 2 unspecified atom stereocenters. The molecule has 0 saturated heterocycles. The van der Waals surface area contributed by atoms with E-state index < -0.39 is 41.6 Å². The zero-order chi connectivity index (χ0) is 26.8. The molecule has 196 valence electrons. The number of ether oxygens (including phenoxy) is 2. The van der Waals surface area contributed by atoms with Gasteiger partial charge in [-0.2, -0.15) is 12.6 Å². The Balaban J connectivity index is 3.22. The van der Waals surface area contributed by atoms with Crippen LogP contribution in [-0.4, -0.2) is 71.0 Å². The minimum absolute atomic E-state index is 0.0170. The molecule has 11 heteroatoms. The highest BCUT2D eigenvalue weighted by molar-refractivity contribution is 7.80. The number of amides is 3. The van der Waals surface area contributed by atoms with E-state index in [4.69, 9.17) is 9.47 Å². The summed E-state index contributed by atoms with van der Waals surface area (Å²) < 4.78 is 10.1. The van der Waals surface area contributed by atoms with Crippen LogP contribution >= 0.6 is 12.6 Å². The molecule has 10 nitrogen and oxygen atoms in total. The first-order valence-electron chi connectivity index (χ1n) is 11.5. The number of alkyl carbamates (subject to hydrolysis) is 1. The van der Waals surface area contributed by atoms with Gasteiger partial charge in [0.15, 0.2) is 0 Å². The first-order valence-corrected chi connectivity index (χ1v) is 12.1. The van der Waals surface area contributed by atoms with Gasteiger partial charge in [-0.25, -0.2) is 4.79 Å². The maximum atomic E-state index is 13.4. The van der Waals surface area contributed by atoms with Crippen molar-refractivity contribution in [1.82, 2.24) is 15.5 Å². The van der Waals surface area contributed by atoms with E-state index in [-0.39, 0.29) is 37.6 Å². The van der Waals surface area contributed by atoms with Crippen LogP contribution in [0.1, 0.15) is 58.2 Å². The quantitative estimate of drug-likeness (QED) is 0.265. The van der Waals surface area contributed by atoms with E-state index in [1.165, 1.54) is 11.0 Å². The largest absolute Gasteiger partial charge is 0.508 e. The molecular weight excluding hydrogens is 474 g/mol.